The zero-order valence-corrected chi connectivity index (χ0v) is 17.9. The molecule has 0 saturated heterocycles. The summed E-state index contributed by atoms with van der Waals surface area (Å²) in [5.74, 6) is 0.0822. The van der Waals surface area contributed by atoms with E-state index in [9.17, 15) is 18.0 Å². The Labute approximate surface area is 192 Å². The van der Waals surface area contributed by atoms with E-state index in [1.165, 1.54) is 35.3 Å². The highest BCUT2D eigenvalue weighted by atomic mass is 19.4. The molecule has 10 heteroatoms. The van der Waals surface area contributed by atoms with Gasteiger partial charge in [0.2, 0.25) is 0 Å². The third-order valence-corrected chi connectivity index (χ3v) is 4.77. The highest BCUT2D eigenvalue weighted by Crippen LogP contribution is 2.24. The van der Waals surface area contributed by atoms with Crippen molar-refractivity contribution in [2.75, 3.05) is 5.32 Å². The Morgan fingerprint density at radius 2 is 1.65 bits per heavy atom. The van der Waals surface area contributed by atoms with Crippen LogP contribution in [0.1, 0.15) is 18.6 Å². The van der Waals surface area contributed by atoms with Gasteiger partial charge in [-0.3, -0.25) is 5.32 Å². The van der Waals surface area contributed by atoms with Gasteiger partial charge in [0.05, 0.1) is 5.69 Å². The number of amides is 1. The summed E-state index contributed by atoms with van der Waals surface area (Å²) in [6.07, 6.45) is -4.28. The number of nitrogens with one attached hydrogen (secondary N) is 1. The molecule has 174 valence electrons. The Bertz CT molecular complexity index is 1240. The molecule has 1 heterocycles. The quantitative estimate of drug-likeness (QED) is 0.368. The van der Waals surface area contributed by atoms with Gasteiger partial charge in [-0.05, 0) is 61.0 Å². The fraction of sp³-hybridized carbons (Fsp3) is 0.125. The molecule has 0 saturated carbocycles. The van der Waals surface area contributed by atoms with E-state index in [2.05, 4.69) is 20.1 Å². The van der Waals surface area contributed by atoms with E-state index in [0.717, 1.165) is 5.56 Å². The average molecular weight is 468 g/mol. The first-order valence-corrected chi connectivity index (χ1v) is 10.2. The second kappa shape index (κ2) is 9.65. The van der Waals surface area contributed by atoms with Crippen LogP contribution < -0.4 is 10.1 Å². The van der Waals surface area contributed by atoms with Crippen molar-refractivity contribution in [1.82, 2.24) is 14.8 Å². The van der Waals surface area contributed by atoms with E-state index >= 15 is 0 Å². The average Bonchev–Trinajstić information content (AvgIpc) is 3.30. The minimum absolute atomic E-state index is 0.323. The molecule has 4 rings (SSSR count). The lowest BCUT2D eigenvalue weighted by molar-refractivity contribution is -0.274. The molecule has 1 aromatic heterocycles. The molecule has 1 amide bonds. The van der Waals surface area contributed by atoms with E-state index in [1.54, 1.807) is 31.2 Å². The van der Waals surface area contributed by atoms with Crippen molar-refractivity contribution >= 4 is 11.8 Å². The molecule has 3 aromatic carbocycles. The Balaban J connectivity index is 1.37. The van der Waals surface area contributed by atoms with Crippen LogP contribution in [0.15, 0.2) is 85.2 Å². The Kier molecular flexibility index (Phi) is 6.48. The van der Waals surface area contributed by atoms with Gasteiger partial charge in [-0.25, -0.2) is 14.5 Å². The monoisotopic (exact) mass is 468 g/mol. The first kappa shape index (κ1) is 22.8. The predicted octanol–water partition coefficient (Wildman–Crippen LogP) is 6.14. The SMILES string of the molecule is C[C@H](OC(=O)Nc1ccc(-c2ncn(-c3ccc(OC(F)(F)F)cc3)n2)cc1)c1ccccc1. The van der Waals surface area contributed by atoms with Crippen LogP contribution in [0, 0.1) is 0 Å². The maximum Gasteiger partial charge on any atom is 0.573 e. The molecule has 34 heavy (non-hydrogen) atoms. The molecule has 0 bridgehead atoms. The highest BCUT2D eigenvalue weighted by molar-refractivity contribution is 5.85. The second-order valence-electron chi connectivity index (χ2n) is 7.22. The summed E-state index contributed by atoms with van der Waals surface area (Å²) in [6, 6.07) is 21.5. The molecule has 0 unspecified atom stereocenters. The second-order valence-corrected chi connectivity index (χ2v) is 7.22. The third-order valence-electron chi connectivity index (χ3n) is 4.77. The molecular formula is C24H19F3N4O3. The molecule has 0 spiro atoms. The van der Waals surface area contributed by atoms with E-state index in [4.69, 9.17) is 4.74 Å². The number of alkyl halides is 3. The number of ether oxygens (including phenoxy) is 2. The molecule has 0 aliphatic carbocycles. The molecule has 1 atom stereocenters. The number of rotatable bonds is 6. The van der Waals surface area contributed by atoms with Crippen LogP contribution in [-0.2, 0) is 4.74 Å². The third kappa shape index (κ3) is 5.91. The molecule has 7 nitrogen and oxygen atoms in total. The number of halogens is 3. The Morgan fingerprint density at radius 3 is 2.29 bits per heavy atom. The molecular weight excluding hydrogens is 449 g/mol. The summed E-state index contributed by atoms with van der Waals surface area (Å²) >= 11 is 0. The van der Waals surface area contributed by atoms with Gasteiger partial charge in [-0.2, -0.15) is 0 Å². The number of hydrogen-bond donors (Lipinski definition) is 1. The van der Waals surface area contributed by atoms with E-state index < -0.39 is 18.6 Å². The molecule has 0 radical (unpaired) electrons. The topological polar surface area (TPSA) is 78.3 Å². The van der Waals surface area contributed by atoms with Crippen molar-refractivity contribution in [2.45, 2.75) is 19.4 Å². The van der Waals surface area contributed by atoms with Gasteiger partial charge in [0.15, 0.2) is 5.82 Å². The number of nitrogens with zero attached hydrogens (tertiary/aromatic N) is 3. The number of benzene rings is 3. The minimum atomic E-state index is -4.75. The zero-order chi connectivity index (χ0) is 24.1. The van der Waals surface area contributed by atoms with E-state index in [-0.39, 0.29) is 5.75 Å². The maximum absolute atomic E-state index is 12.3. The van der Waals surface area contributed by atoms with Crippen molar-refractivity contribution in [1.29, 1.82) is 0 Å². The van der Waals surface area contributed by atoms with Gasteiger partial charge in [0, 0.05) is 11.3 Å². The highest BCUT2D eigenvalue weighted by Gasteiger charge is 2.31. The number of carbonyl (C=O) groups excluding carboxylic acids is 1. The number of anilines is 1. The van der Waals surface area contributed by atoms with Crippen LogP contribution in [0.25, 0.3) is 17.1 Å². The first-order chi connectivity index (χ1) is 16.3. The summed E-state index contributed by atoms with van der Waals surface area (Å²) in [5, 5.41) is 7.02. The van der Waals surface area contributed by atoms with Gasteiger partial charge >= 0.3 is 12.5 Å². The largest absolute Gasteiger partial charge is 0.573 e. The molecule has 0 aliphatic rings. The van der Waals surface area contributed by atoms with E-state index in [0.29, 0.717) is 22.8 Å². The summed E-state index contributed by atoms with van der Waals surface area (Å²) in [4.78, 5) is 16.4. The van der Waals surface area contributed by atoms with Crippen molar-refractivity contribution in [3.8, 4) is 22.8 Å². The number of aromatic nitrogens is 3. The van der Waals surface area contributed by atoms with Gasteiger partial charge in [-0.1, -0.05) is 30.3 Å². The number of hydrogen-bond acceptors (Lipinski definition) is 5. The van der Waals surface area contributed by atoms with Crippen molar-refractivity contribution in [3.05, 3.63) is 90.8 Å². The fourth-order valence-corrected chi connectivity index (χ4v) is 3.12. The van der Waals surface area contributed by atoms with Crippen LogP contribution in [0.5, 0.6) is 5.75 Å². The van der Waals surface area contributed by atoms with Crippen LogP contribution in [0.3, 0.4) is 0 Å². The number of carbonyl (C=O) groups is 1. The normalized spacial score (nSPS) is 12.1. The van der Waals surface area contributed by atoms with Gasteiger partial charge < -0.3 is 9.47 Å². The van der Waals surface area contributed by atoms with Gasteiger partial charge in [-0.15, -0.1) is 18.3 Å². The zero-order valence-electron chi connectivity index (χ0n) is 17.9. The summed E-state index contributed by atoms with van der Waals surface area (Å²) in [6.45, 7) is 1.79. The lowest BCUT2D eigenvalue weighted by atomic mass is 10.1. The molecule has 0 fully saturated rings. The summed E-state index contributed by atoms with van der Waals surface area (Å²) < 4.78 is 47.6. The smallest absolute Gasteiger partial charge is 0.441 e. The summed E-state index contributed by atoms with van der Waals surface area (Å²) in [5.41, 5.74) is 2.63. The van der Waals surface area contributed by atoms with Crippen LogP contribution in [0.4, 0.5) is 23.7 Å². The lowest BCUT2D eigenvalue weighted by Crippen LogP contribution is -2.17. The predicted molar refractivity (Wildman–Crippen MR) is 118 cm³/mol. The van der Waals surface area contributed by atoms with Crippen molar-refractivity contribution in [3.63, 3.8) is 0 Å². The van der Waals surface area contributed by atoms with Gasteiger partial charge in [0.25, 0.3) is 0 Å². The first-order valence-electron chi connectivity index (χ1n) is 10.2. The van der Waals surface area contributed by atoms with Crippen LogP contribution in [0.2, 0.25) is 0 Å². The maximum atomic E-state index is 12.3. The Morgan fingerprint density at radius 1 is 0.971 bits per heavy atom. The minimum Gasteiger partial charge on any atom is -0.441 e. The standard InChI is InChI=1S/C24H19F3N4O3/c1-16(17-5-3-2-4-6-17)33-23(32)29-19-9-7-18(8-10-19)22-28-15-31(30-22)20-11-13-21(14-12-20)34-24(25,26)27/h2-16H,1H3,(H,29,32)/t16-/m0/s1. The van der Waals surface area contributed by atoms with Gasteiger partial charge in [0.1, 0.15) is 18.2 Å². The molecule has 1 N–H and O–H groups in total. The lowest BCUT2D eigenvalue weighted by Gasteiger charge is -2.14. The van der Waals surface area contributed by atoms with E-state index in [1.807, 2.05) is 30.3 Å². The van der Waals surface area contributed by atoms with Crippen molar-refractivity contribution < 1.29 is 27.4 Å². The molecule has 0 aliphatic heterocycles. The van der Waals surface area contributed by atoms with Crippen LogP contribution >= 0.6 is 0 Å². The van der Waals surface area contributed by atoms with Crippen LogP contribution in [-0.4, -0.2) is 27.2 Å². The van der Waals surface area contributed by atoms with Crippen molar-refractivity contribution in [2.24, 2.45) is 0 Å². The molecule has 4 aromatic rings. The Hall–Kier alpha value is -4.34. The summed E-state index contributed by atoms with van der Waals surface area (Å²) in [7, 11) is 0. The fourth-order valence-electron chi connectivity index (χ4n) is 3.12.